The molecule has 1 aliphatic rings. The van der Waals surface area contributed by atoms with Crippen molar-refractivity contribution in [2.75, 3.05) is 18.5 Å². The quantitative estimate of drug-likeness (QED) is 0.819. The standard InChI is InChI=1S/C13H19NO/c1-3-4-11-8-14(2)13-6-5-10(9-15)7-12(11)13/h5-7,11,15H,3-4,8-9H2,1-2H3. The molecule has 0 saturated carbocycles. The summed E-state index contributed by atoms with van der Waals surface area (Å²) in [5, 5.41) is 9.14. The molecule has 15 heavy (non-hydrogen) atoms. The van der Waals surface area contributed by atoms with Crippen LogP contribution in [-0.4, -0.2) is 18.7 Å². The van der Waals surface area contributed by atoms with E-state index in [2.05, 4.69) is 31.0 Å². The Morgan fingerprint density at radius 1 is 1.47 bits per heavy atom. The minimum absolute atomic E-state index is 0.149. The second-order valence-corrected chi connectivity index (χ2v) is 4.42. The van der Waals surface area contributed by atoms with Crippen molar-refractivity contribution in [3.63, 3.8) is 0 Å². The highest BCUT2D eigenvalue weighted by Gasteiger charge is 2.25. The van der Waals surface area contributed by atoms with Gasteiger partial charge in [0.15, 0.2) is 0 Å². The van der Waals surface area contributed by atoms with E-state index in [9.17, 15) is 0 Å². The number of anilines is 1. The van der Waals surface area contributed by atoms with Gasteiger partial charge in [-0.2, -0.15) is 0 Å². The molecule has 1 aromatic rings. The van der Waals surface area contributed by atoms with Crippen LogP contribution >= 0.6 is 0 Å². The monoisotopic (exact) mass is 205 g/mol. The number of likely N-dealkylation sites (N-methyl/N-ethyl adjacent to an activating group) is 1. The SMILES string of the molecule is CCCC1CN(C)c2ccc(CO)cc21. The summed E-state index contributed by atoms with van der Waals surface area (Å²) in [6, 6.07) is 6.32. The molecule has 0 bridgehead atoms. The van der Waals surface area contributed by atoms with Gasteiger partial charge in [0.05, 0.1) is 6.61 Å². The minimum atomic E-state index is 0.149. The Kier molecular flexibility index (Phi) is 2.96. The number of benzene rings is 1. The average molecular weight is 205 g/mol. The van der Waals surface area contributed by atoms with Crippen molar-refractivity contribution in [3.8, 4) is 0 Å². The normalized spacial score (nSPS) is 19.4. The molecule has 1 atom stereocenters. The molecule has 2 rings (SSSR count). The fraction of sp³-hybridized carbons (Fsp3) is 0.538. The van der Waals surface area contributed by atoms with Gasteiger partial charge in [-0.3, -0.25) is 0 Å². The van der Waals surface area contributed by atoms with Crippen molar-refractivity contribution in [1.29, 1.82) is 0 Å². The molecule has 0 saturated heterocycles. The second-order valence-electron chi connectivity index (χ2n) is 4.42. The maximum atomic E-state index is 9.14. The van der Waals surface area contributed by atoms with Gasteiger partial charge in [-0.1, -0.05) is 25.5 Å². The summed E-state index contributed by atoms with van der Waals surface area (Å²) in [5.41, 5.74) is 3.79. The average Bonchev–Trinajstić information content (AvgIpc) is 2.56. The predicted molar refractivity (Wildman–Crippen MR) is 63.3 cm³/mol. The third kappa shape index (κ3) is 1.86. The van der Waals surface area contributed by atoms with Crippen molar-refractivity contribution in [1.82, 2.24) is 0 Å². The van der Waals surface area contributed by atoms with Gasteiger partial charge in [0.25, 0.3) is 0 Å². The Morgan fingerprint density at radius 3 is 2.93 bits per heavy atom. The Labute approximate surface area is 91.5 Å². The molecule has 82 valence electrons. The topological polar surface area (TPSA) is 23.5 Å². The highest BCUT2D eigenvalue weighted by molar-refractivity contribution is 5.60. The van der Waals surface area contributed by atoms with Crippen LogP contribution in [0.1, 0.15) is 36.8 Å². The van der Waals surface area contributed by atoms with Gasteiger partial charge in [0.1, 0.15) is 0 Å². The van der Waals surface area contributed by atoms with E-state index in [0.29, 0.717) is 5.92 Å². The molecule has 1 unspecified atom stereocenters. The largest absolute Gasteiger partial charge is 0.392 e. The Morgan fingerprint density at radius 2 is 2.27 bits per heavy atom. The lowest BCUT2D eigenvalue weighted by atomic mass is 9.95. The smallest absolute Gasteiger partial charge is 0.0681 e. The van der Waals surface area contributed by atoms with Crippen LogP contribution in [0.5, 0.6) is 0 Å². The van der Waals surface area contributed by atoms with E-state index in [0.717, 1.165) is 12.1 Å². The van der Waals surface area contributed by atoms with E-state index in [1.165, 1.54) is 24.1 Å². The van der Waals surface area contributed by atoms with E-state index in [1.54, 1.807) is 0 Å². The molecular weight excluding hydrogens is 186 g/mol. The fourth-order valence-corrected chi connectivity index (χ4v) is 2.50. The maximum absolute atomic E-state index is 9.14. The first-order chi connectivity index (χ1) is 7.26. The molecule has 0 radical (unpaired) electrons. The first-order valence-electron chi connectivity index (χ1n) is 5.71. The van der Waals surface area contributed by atoms with E-state index in [1.807, 2.05) is 6.07 Å². The van der Waals surface area contributed by atoms with Crippen LogP contribution in [0.4, 0.5) is 5.69 Å². The number of hydrogen-bond acceptors (Lipinski definition) is 2. The highest BCUT2D eigenvalue weighted by atomic mass is 16.3. The number of aliphatic hydroxyl groups excluding tert-OH is 1. The molecule has 2 heteroatoms. The number of fused-ring (bicyclic) bond motifs is 1. The second kappa shape index (κ2) is 4.23. The molecule has 0 fully saturated rings. The van der Waals surface area contributed by atoms with Crippen molar-refractivity contribution in [2.45, 2.75) is 32.3 Å². The molecule has 1 heterocycles. The Hall–Kier alpha value is -1.02. The van der Waals surface area contributed by atoms with Gasteiger partial charge in [-0.05, 0) is 23.6 Å². The Bertz CT molecular complexity index is 348. The van der Waals surface area contributed by atoms with Crippen LogP contribution in [0.15, 0.2) is 18.2 Å². The van der Waals surface area contributed by atoms with E-state index >= 15 is 0 Å². The van der Waals surface area contributed by atoms with E-state index in [4.69, 9.17) is 5.11 Å². The highest BCUT2D eigenvalue weighted by Crippen LogP contribution is 2.38. The number of nitrogens with zero attached hydrogens (tertiary/aromatic N) is 1. The van der Waals surface area contributed by atoms with Crippen molar-refractivity contribution in [2.24, 2.45) is 0 Å². The van der Waals surface area contributed by atoms with Gasteiger partial charge in [-0.25, -0.2) is 0 Å². The van der Waals surface area contributed by atoms with Crippen molar-refractivity contribution < 1.29 is 5.11 Å². The van der Waals surface area contributed by atoms with Crippen LogP contribution in [0.2, 0.25) is 0 Å². The van der Waals surface area contributed by atoms with Gasteiger partial charge < -0.3 is 10.0 Å². The molecule has 1 N–H and O–H groups in total. The van der Waals surface area contributed by atoms with Crippen LogP contribution in [0, 0.1) is 0 Å². The molecule has 0 aliphatic carbocycles. The summed E-state index contributed by atoms with van der Waals surface area (Å²) in [6.45, 7) is 3.50. The predicted octanol–water partition coefficient (Wildman–Crippen LogP) is 2.51. The molecule has 0 amide bonds. The van der Waals surface area contributed by atoms with Gasteiger partial charge in [0, 0.05) is 25.2 Å². The summed E-state index contributed by atoms with van der Waals surface area (Å²) in [4.78, 5) is 2.32. The number of aliphatic hydroxyl groups is 1. The minimum Gasteiger partial charge on any atom is -0.392 e. The third-order valence-corrected chi connectivity index (χ3v) is 3.26. The molecule has 0 spiro atoms. The van der Waals surface area contributed by atoms with Crippen LogP contribution < -0.4 is 4.90 Å². The van der Waals surface area contributed by atoms with Gasteiger partial charge >= 0.3 is 0 Å². The van der Waals surface area contributed by atoms with Crippen molar-refractivity contribution in [3.05, 3.63) is 29.3 Å². The summed E-state index contributed by atoms with van der Waals surface area (Å²) >= 11 is 0. The number of rotatable bonds is 3. The van der Waals surface area contributed by atoms with E-state index in [-0.39, 0.29) is 6.61 Å². The summed E-state index contributed by atoms with van der Waals surface area (Å²) in [6.07, 6.45) is 2.47. The summed E-state index contributed by atoms with van der Waals surface area (Å²) < 4.78 is 0. The molecule has 0 aromatic heterocycles. The van der Waals surface area contributed by atoms with Gasteiger partial charge in [-0.15, -0.1) is 0 Å². The first kappa shape index (κ1) is 10.5. The zero-order chi connectivity index (χ0) is 10.8. The van der Waals surface area contributed by atoms with Crippen LogP contribution in [0.25, 0.3) is 0 Å². The van der Waals surface area contributed by atoms with Gasteiger partial charge in [0.2, 0.25) is 0 Å². The zero-order valence-electron chi connectivity index (χ0n) is 9.53. The Balaban J connectivity index is 2.34. The lowest BCUT2D eigenvalue weighted by Crippen LogP contribution is -2.15. The van der Waals surface area contributed by atoms with Crippen molar-refractivity contribution >= 4 is 5.69 Å². The molecule has 1 aromatic carbocycles. The maximum Gasteiger partial charge on any atom is 0.0681 e. The molecule has 2 nitrogen and oxygen atoms in total. The third-order valence-electron chi connectivity index (χ3n) is 3.26. The van der Waals surface area contributed by atoms with Crippen LogP contribution in [0.3, 0.4) is 0 Å². The molecular formula is C13H19NO. The lowest BCUT2D eigenvalue weighted by molar-refractivity contribution is 0.281. The summed E-state index contributed by atoms with van der Waals surface area (Å²) in [7, 11) is 2.15. The van der Waals surface area contributed by atoms with E-state index < -0.39 is 0 Å². The number of hydrogen-bond donors (Lipinski definition) is 1. The zero-order valence-corrected chi connectivity index (χ0v) is 9.53. The fourth-order valence-electron chi connectivity index (χ4n) is 2.50. The summed E-state index contributed by atoms with van der Waals surface area (Å²) in [5.74, 6) is 0.654. The van der Waals surface area contributed by atoms with Crippen LogP contribution in [-0.2, 0) is 6.61 Å². The first-order valence-corrected chi connectivity index (χ1v) is 5.71. The lowest BCUT2D eigenvalue weighted by Gasteiger charge is -2.11. The molecule has 1 aliphatic heterocycles.